The van der Waals surface area contributed by atoms with E-state index in [1.54, 1.807) is 12.1 Å². The van der Waals surface area contributed by atoms with Crippen LogP contribution >= 0.6 is 0 Å². The average Bonchev–Trinajstić information content (AvgIpc) is 2.35. The van der Waals surface area contributed by atoms with Crippen molar-refractivity contribution >= 4 is 0 Å². The fourth-order valence-corrected chi connectivity index (χ4v) is 2.09. The molecule has 0 fully saturated rings. The van der Waals surface area contributed by atoms with Gasteiger partial charge in [0, 0.05) is 12.5 Å². The summed E-state index contributed by atoms with van der Waals surface area (Å²) in [6.07, 6.45) is 7.18. The van der Waals surface area contributed by atoms with E-state index in [0.717, 1.165) is 18.4 Å². The van der Waals surface area contributed by atoms with E-state index >= 15 is 0 Å². The zero-order chi connectivity index (χ0) is 12.5. The van der Waals surface area contributed by atoms with Gasteiger partial charge in [-0.1, -0.05) is 51.2 Å². The minimum absolute atomic E-state index is 0.152. The Labute approximate surface area is 104 Å². The van der Waals surface area contributed by atoms with Gasteiger partial charge in [-0.2, -0.15) is 0 Å². The standard InChI is InChI=1S/C15H23FO/c1-2-3-4-5-6-7-14(12-17)13-8-10-15(16)11-9-13/h8-11,14,17H,2-7,12H2,1H3. The minimum Gasteiger partial charge on any atom is -0.396 e. The molecule has 2 heteroatoms. The summed E-state index contributed by atoms with van der Waals surface area (Å²) < 4.78 is 12.8. The molecule has 0 amide bonds. The minimum atomic E-state index is -0.214. The number of halogens is 1. The van der Waals surface area contributed by atoms with Gasteiger partial charge in [-0.3, -0.25) is 0 Å². The van der Waals surface area contributed by atoms with E-state index < -0.39 is 0 Å². The molecule has 0 aliphatic carbocycles. The quantitative estimate of drug-likeness (QED) is 0.671. The largest absolute Gasteiger partial charge is 0.396 e. The van der Waals surface area contributed by atoms with Gasteiger partial charge >= 0.3 is 0 Å². The van der Waals surface area contributed by atoms with E-state index in [0.29, 0.717) is 0 Å². The first-order chi connectivity index (χ1) is 8.27. The summed E-state index contributed by atoms with van der Waals surface area (Å²) in [6, 6.07) is 6.49. The molecule has 0 aliphatic rings. The average molecular weight is 238 g/mol. The van der Waals surface area contributed by atoms with Crippen LogP contribution < -0.4 is 0 Å². The molecule has 0 spiro atoms. The Balaban J connectivity index is 2.35. The summed E-state index contributed by atoms with van der Waals surface area (Å²) in [6.45, 7) is 2.36. The fourth-order valence-electron chi connectivity index (χ4n) is 2.09. The van der Waals surface area contributed by atoms with Gasteiger partial charge in [0.15, 0.2) is 0 Å². The van der Waals surface area contributed by atoms with Crippen molar-refractivity contribution in [3.63, 3.8) is 0 Å². The van der Waals surface area contributed by atoms with Crippen LogP contribution in [0.5, 0.6) is 0 Å². The molecule has 1 nitrogen and oxygen atoms in total. The Morgan fingerprint density at radius 2 is 1.71 bits per heavy atom. The number of aliphatic hydroxyl groups excluding tert-OH is 1. The fraction of sp³-hybridized carbons (Fsp3) is 0.600. The number of benzene rings is 1. The van der Waals surface area contributed by atoms with Gasteiger partial charge in [-0.25, -0.2) is 4.39 Å². The van der Waals surface area contributed by atoms with E-state index in [-0.39, 0.29) is 18.3 Å². The van der Waals surface area contributed by atoms with Crippen LogP contribution in [0, 0.1) is 5.82 Å². The predicted octanol–water partition coefficient (Wildman–Crippen LogP) is 4.26. The van der Waals surface area contributed by atoms with Gasteiger partial charge in [-0.15, -0.1) is 0 Å². The van der Waals surface area contributed by atoms with E-state index in [1.807, 2.05) is 0 Å². The van der Waals surface area contributed by atoms with Gasteiger partial charge in [0.05, 0.1) is 0 Å². The van der Waals surface area contributed by atoms with Crippen molar-refractivity contribution in [2.75, 3.05) is 6.61 Å². The Morgan fingerprint density at radius 3 is 2.29 bits per heavy atom. The molecule has 0 aliphatic heterocycles. The zero-order valence-electron chi connectivity index (χ0n) is 10.7. The predicted molar refractivity (Wildman–Crippen MR) is 69.6 cm³/mol. The van der Waals surface area contributed by atoms with E-state index in [4.69, 9.17) is 0 Å². The molecule has 96 valence electrons. The molecule has 0 saturated carbocycles. The second-order valence-electron chi connectivity index (χ2n) is 4.63. The second kappa shape index (κ2) is 8.24. The van der Waals surface area contributed by atoms with Crippen LogP contribution in [-0.4, -0.2) is 11.7 Å². The summed E-state index contributed by atoms with van der Waals surface area (Å²) in [5.74, 6) is -0.0504. The Morgan fingerprint density at radius 1 is 1.06 bits per heavy atom. The third-order valence-corrected chi connectivity index (χ3v) is 3.22. The van der Waals surface area contributed by atoms with Crippen LogP contribution in [0.2, 0.25) is 0 Å². The van der Waals surface area contributed by atoms with Crippen molar-refractivity contribution in [2.24, 2.45) is 0 Å². The maximum Gasteiger partial charge on any atom is 0.123 e. The van der Waals surface area contributed by atoms with Gasteiger partial charge in [-0.05, 0) is 24.1 Å². The van der Waals surface area contributed by atoms with Crippen molar-refractivity contribution in [1.29, 1.82) is 0 Å². The first-order valence-corrected chi connectivity index (χ1v) is 6.64. The summed E-state index contributed by atoms with van der Waals surface area (Å²) in [5, 5.41) is 9.36. The maximum absolute atomic E-state index is 12.8. The number of unbranched alkanes of at least 4 members (excludes halogenated alkanes) is 4. The molecule has 0 heterocycles. The Kier molecular flexibility index (Phi) is 6.87. The van der Waals surface area contributed by atoms with Crippen LogP contribution in [0.1, 0.15) is 56.9 Å². The Bertz CT molecular complexity index is 294. The molecule has 0 bridgehead atoms. The molecular weight excluding hydrogens is 215 g/mol. The molecule has 1 unspecified atom stereocenters. The maximum atomic E-state index is 12.8. The lowest BCUT2D eigenvalue weighted by atomic mass is 9.93. The van der Waals surface area contributed by atoms with Crippen LogP contribution in [0.15, 0.2) is 24.3 Å². The van der Waals surface area contributed by atoms with Crippen molar-refractivity contribution in [1.82, 2.24) is 0 Å². The lowest BCUT2D eigenvalue weighted by Gasteiger charge is -2.14. The summed E-state index contributed by atoms with van der Waals surface area (Å²) in [7, 11) is 0. The summed E-state index contributed by atoms with van der Waals surface area (Å²) in [4.78, 5) is 0. The second-order valence-corrected chi connectivity index (χ2v) is 4.63. The van der Waals surface area contributed by atoms with Crippen molar-refractivity contribution < 1.29 is 9.50 Å². The van der Waals surface area contributed by atoms with Gasteiger partial charge in [0.2, 0.25) is 0 Å². The molecule has 0 saturated heterocycles. The number of hydrogen-bond acceptors (Lipinski definition) is 1. The van der Waals surface area contributed by atoms with Crippen LogP contribution in [0.4, 0.5) is 4.39 Å². The molecule has 0 radical (unpaired) electrons. The molecule has 0 aromatic heterocycles. The van der Waals surface area contributed by atoms with Crippen LogP contribution in [0.25, 0.3) is 0 Å². The van der Waals surface area contributed by atoms with E-state index in [2.05, 4.69) is 6.92 Å². The molecule has 1 aromatic carbocycles. The first kappa shape index (κ1) is 14.2. The summed E-state index contributed by atoms with van der Waals surface area (Å²) >= 11 is 0. The van der Waals surface area contributed by atoms with Gasteiger partial charge < -0.3 is 5.11 Å². The topological polar surface area (TPSA) is 20.2 Å². The van der Waals surface area contributed by atoms with Crippen molar-refractivity contribution in [2.45, 2.75) is 51.4 Å². The molecule has 1 aromatic rings. The first-order valence-electron chi connectivity index (χ1n) is 6.64. The molecule has 1 rings (SSSR count). The SMILES string of the molecule is CCCCCCCC(CO)c1ccc(F)cc1. The normalized spacial score (nSPS) is 12.6. The van der Waals surface area contributed by atoms with Gasteiger partial charge in [0.25, 0.3) is 0 Å². The number of hydrogen-bond donors (Lipinski definition) is 1. The Hall–Kier alpha value is -0.890. The zero-order valence-corrected chi connectivity index (χ0v) is 10.7. The third kappa shape index (κ3) is 5.31. The summed E-state index contributed by atoms with van der Waals surface area (Å²) in [5.41, 5.74) is 1.05. The monoisotopic (exact) mass is 238 g/mol. The molecular formula is C15H23FO. The lowest BCUT2D eigenvalue weighted by molar-refractivity contribution is 0.256. The highest BCUT2D eigenvalue weighted by Gasteiger charge is 2.09. The molecule has 1 N–H and O–H groups in total. The lowest BCUT2D eigenvalue weighted by Crippen LogP contribution is -2.04. The number of aliphatic hydroxyl groups is 1. The smallest absolute Gasteiger partial charge is 0.123 e. The molecule has 1 atom stereocenters. The highest BCUT2D eigenvalue weighted by molar-refractivity contribution is 5.20. The van der Waals surface area contributed by atoms with Crippen molar-refractivity contribution in [3.8, 4) is 0 Å². The highest BCUT2D eigenvalue weighted by Crippen LogP contribution is 2.22. The van der Waals surface area contributed by atoms with Crippen molar-refractivity contribution in [3.05, 3.63) is 35.6 Å². The molecule has 17 heavy (non-hydrogen) atoms. The highest BCUT2D eigenvalue weighted by atomic mass is 19.1. The van der Waals surface area contributed by atoms with Crippen LogP contribution in [0.3, 0.4) is 0 Å². The van der Waals surface area contributed by atoms with E-state index in [9.17, 15) is 9.50 Å². The van der Waals surface area contributed by atoms with Gasteiger partial charge in [0.1, 0.15) is 5.82 Å². The van der Waals surface area contributed by atoms with E-state index in [1.165, 1.54) is 37.8 Å². The third-order valence-electron chi connectivity index (χ3n) is 3.22. The van der Waals surface area contributed by atoms with Crippen LogP contribution in [-0.2, 0) is 0 Å². The number of rotatable bonds is 8.